The Morgan fingerprint density at radius 1 is 1.04 bits per heavy atom. The summed E-state index contributed by atoms with van der Waals surface area (Å²) in [5, 5.41) is 7.37. The van der Waals surface area contributed by atoms with Gasteiger partial charge in [-0.05, 0) is 30.2 Å². The molecule has 1 heterocycles. The van der Waals surface area contributed by atoms with E-state index in [1.807, 2.05) is 42.7 Å². The Kier molecular flexibility index (Phi) is 9.30. The van der Waals surface area contributed by atoms with Crippen molar-refractivity contribution in [3.63, 3.8) is 0 Å². The SMILES string of the molecule is CCNC(=NCc1ccc(Cl)cc1)NCc1nccn1Cc1ccccc1.I. The molecule has 0 saturated heterocycles. The van der Waals surface area contributed by atoms with E-state index in [1.54, 1.807) is 0 Å². The molecule has 0 aliphatic carbocycles. The number of nitrogens with one attached hydrogen (secondary N) is 2. The Balaban J connectivity index is 0.00000280. The van der Waals surface area contributed by atoms with Crippen LogP contribution in [0.3, 0.4) is 0 Å². The summed E-state index contributed by atoms with van der Waals surface area (Å²) in [4.78, 5) is 9.12. The zero-order valence-electron chi connectivity index (χ0n) is 15.8. The van der Waals surface area contributed by atoms with Crippen molar-refractivity contribution in [2.75, 3.05) is 6.54 Å². The number of benzene rings is 2. The maximum Gasteiger partial charge on any atom is 0.191 e. The van der Waals surface area contributed by atoms with E-state index in [2.05, 4.69) is 56.4 Å². The minimum absolute atomic E-state index is 0. The minimum atomic E-state index is 0. The van der Waals surface area contributed by atoms with Crippen molar-refractivity contribution in [2.24, 2.45) is 4.99 Å². The molecule has 7 heteroatoms. The summed E-state index contributed by atoms with van der Waals surface area (Å²) in [5.41, 5.74) is 2.36. The maximum absolute atomic E-state index is 5.93. The first-order valence-corrected chi connectivity index (χ1v) is 9.43. The fourth-order valence-electron chi connectivity index (χ4n) is 2.70. The van der Waals surface area contributed by atoms with Gasteiger partial charge in [0.25, 0.3) is 0 Å². The lowest BCUT2D eigenvalue weighted by molar-refractivity contribution is 0.688. The van der Waals surface area contributed by atoms with E-state index < -0.39 is 0 Å². The van der Waals surface area contributed by atoms with Crippen LogP contribution in [-0.2, 0) is 19.6 Å². The molecule has 2 aromatic carbocycles. The van der Waals surface area contributed by atoms with Gasteiger partial charge in [-0.25, -0.2) is 9.98 Å². The number of nitrogens with zero attached hydrogens (tertiary/aromatic N) is 3. The smallest absolute Gasteiger partial charge is 0.191 e. The largest absolute Gasteiger partial charge is 0.357 e. The Morgan fingerprint density at radius 3 is 2.50 bits per heavy atom. The normalized spacial score (nSPS) is 11.0. The standard InChI is InChI=1S/C21H24ClN5.HI/c1-2-23-21(25-14-17-8-10-19(22)11-9-17)26-15-20-24-12-13-27(20)16-18-6-4-3-5-7-18;/h3-13H,2,14-16H2,1H3,(H2,23,25,26);1H. The summed E-state index contributed by atoms with van der Waals surface area (Å²) in [6, 6.07) is 18.1. The molecule has 0 aliphatic heterocycles. The Hall–Kier alpha value is -2.06. The van der Waals surface area contributed by atoms with E-state index in [0.717, 1.165) is 35.5 Å². The van der Waals surface area contributed by atoms with Gasteiger partial charge in [0, 0.05) is 30.5 Å². The third-order valence-electron chi connectivity index (χ3n) is 4.09. The third kappa shape index (κ3) is 6.83. The maximum atomic E-state index is 5.93. The highest BCUT2D eigenvalue weighted by Gasteiger charge is 2.05. The summed E-state index contributed by atoms with van der Waals surface area (Å²) in [6.45, 7) is 4.84. The molecule has 0 aliphatic rings. The molecule has 0 spiro atoms. The highest BCUT2D eigenvalue weighted by atomic mass is 127. The molecule has 5 nitrogen and oxygen atoms in total. The van der Waals surface area contributed by atoms with Crippen molar-refractivity contribution in [3.05, 3.63) is 89.0 Å². The fourth-order valence-corrected chi connectivity index (χ4v) is 2.82. The third-order valence-corrected chi connectivity index (χ3v) is 4.34. The molecule has 0 amide bonds. The molecule has 0 saturated carbocycles. The van der Waals surface area contributed by atoms with Gasteiger partial charge in [0.1, 0.15) is 5.82 Å². The van der Waals surface area contributed by atoms with Crippen LogP contribution < -0.4 is 10.6 Å². The number of halogens is 2. The van der Waals surface area contributed by atoms with Crippen LogP contribution in [0, 0.1) is 0 Å². The second-order valence-corrected chi connectivity index (χ2v) is 6.57. The molecule has 0 unspecified atom stereocenters. The average molecular weight is 510 g/mol. The molecule has 28 heavy (non-hydrogen) atoms. The van der Waals surface area contributed by atoms with Crippen LogP contribution in [0.4, 0.5) is 0 Å². The van der Waals surface area contributed by atoms with E-state index in [9.17, 15) is 0 Å². The molecular formula is C21H25ClIN5. The van der Waals surface area contributed by atoms with Gasteiger partial charge in [-0.1, -0.05) is 54.1 Å². The van der Waals surface area contributed by atoms with Crippen LogP contribution >= 0.6 is 35.6 Å². The van der Waals surface area contributed by atoms with Crippen LogP contribution in [-0.4, -0.2) is 22.1 Å². The quantitative estimate of drug-likeness (QED) is 0.281. The van der Waals surface area contributed by atoms with Crippen molar-refractivity contribution < 1.29 is 0 Å². The van der Waals surface area contributed by atoms with Gasteiger partial charge in [-0.2, -0.15) is 0 Å². The molecular weight excluding hydrogens is 485 g/mol. The Labute approximate surface area is 188 Å². The van der Waals surface area contributed by atoms with E-state index in [-0.39, 0.29) is 24.0 Å². The molecule has 148 valence electrons. The van der Waals surface area contributed by atoms with E-state index in [4.69, 9.17) is 11.6 Å². The van der Waals surface area contributed by atoms with Gasteiger partial charge in [-0.3, -0.25) is 0 Å². The van der Waals surface area contributed by atoms with Gasteiger partial charge in [-0.15, -0.1) is 24.0 Å². The second kappa shape index (κ2) is 11.7. The summed E-state index contributed by atoms with van der Waals surface area (Å²) in [5.74, 6) is 1.73. The molecule has 0 bridgehead atoms. The molecule has 0 radical (unpaired) electrons. The predicted octanol–water partition coefficient (Wildman–Crippen LogP) is 4.46. The minimum Gasteiger partial charge on any atom is -0.357 e. The van der Waals surface area contributed by atoms with E-state index in [0.29, 0.717) is 13.1 Å². The molecule has 3 aromatic rings. The zero-order valence-corrected chi connectivity index (χ0v) is 18.9. The van der Waals surface area contributed by atoms with Gasteiger partial charge in [0.2, 0.25) is 0 Å². The first-order valence-electron chi connectivity index (χ1n) is 9.05. The first-order chi connectivity index (χ1) is 13.2. The number of hydrogen-bond donors (Lipinski definition) is 2. The van der Waals surface area contributed by atoms with E-state index >= 15 is 0 Å². The van der Waals surface area contributed by atoms with Crippen molar-refractivity contribution in [1.29, 1.82) is 0 Å². The lowest BCUT2D eigenvalue weighted by Crippen LogP contribution is -2.37. The average Bonchev–Trinajstić information content (AvgIpc) is 3.13. The second-order valence-electron chi connectivity index (χ2n) is 6.13. The van der Waals surface area contributed by atoms with E-state index in [1.165, 1.54) is 5.56 Å². The highest BCUT2D eigenvalue weighted by molar-refractivity contribution is 14.0. The molecule has 2 N–H and O–H groups in total. The Morgan fingerprint density at radius 2 is 1.79 bits per heavy atom. The van der Waals surface area contributed by atoms with Crippen molar-refractivity contribution in [1.82, 2.24) is 20.2 Å². The number of rotatable bonds is 7. The van der Waals surface area contributed by atoms with Crippen LogP contribution in [0.25, 0.3) is 0 Å². The topological polar surface area (TPSA) is 54.2 Å². The summed E-state index contributed by atoms with van der Waals surface area (Å²) in [6.07, 6.45) is 3.83. The lowest BCUT2D eigenvalue weighted by Gasteiger charge is -2.13. The summed E-state index contributed by atoms with van der Waals surface area (Å²) >= 11 is 5.93. The molecule has 3 rings (SSSR count). The Bertz CT molecular complexity index is 862. The molecule has 0 atom stereocenters. The predicted molar refractivity (Wildman–Crippen MR) is 126 cm³/mol. The monoisotopic (exact) mass is 509 g/mol. The van der Waals surface area contributed by atoms with Crippen LogP contribution in [0.15, 0.2) is 72.0 Å². The summed E-state index contributed by atoms with van der Waals surface area (Å²) in [7, 11) is 0. The van der Waals surface area contributed by atoms with Gasteiger partial charge in [0.05, 0.1) is 13.1 Å². The molecule has 1 aromatic heterocycles. The molecule has 0 fully saturated rings. The van der Waals surface area contributed by atoms with Gasteiger partial charge < -0.3 is 15.2 Å². The number of aliphatic imine (C=N–C) groups is 1. The number of aromatic nitrogens is 2. The zero-order chi connectivity index (χ0) is 18.9. The fraction of sp³-hybridized carbons (Fsp3) is 0.238. The van der Waals surface area contributed by atoms with Gasteiger partial charge >= 0.3 is 0 Å². The number of imidazole rings is 1. The lowest BCUT2D eigenvalue weighted by atomic mass is 10.2. The first kappa shape index (κ1) is 22.2. The van der Waals surface area contributed by atoms with Crippen molar-refractivity contribution >= 4 is 41.5 Å². The van der Waals surface area contributed by atoms with Crippen molar-refractivity contribution in [3.8, 4) is 0 Å². The number of hydrogen-bond acceptors (Lipinski definition) is 2. The summed E-state index contributed by atoms with van der Waals surface area (Å²) < 4.78 is 2.14. The van der Waals surface area contributed by atoms with Gasteiger partial charge in [0.15, 0.2) is 5.96 Å². The van der Waals surface area contributed by atoms with Crippen LogP contribution in [0.1, 0.15) is 23.9 Å². The van der Waals surface area contributed by atoms with Crippen molar-refractivity contribution in [2.45, 2.75) is 26.6 Å². The van der Waals surface area contributed by atoms with Crippen LogP contribution in [0.5, 0.6) is 0 Å². The number of guanidine groups is 1. The van der Waals surface area contributed by atoms with Crippen LogP contribution in [0.2, 0.25) is 5.02 Å². The highest BCUT2D eigenvalue weighted by Crippen LogP contribution is 2.10.